The maximum atomic E-state index is 12.3. The van der Waals surface area contributed by atoms with Gasteiger partial charge in [0.05, 0.1) is 6.10 Å². The lowest BCUT2D eigenvalue weighted by molar-refractivity contribution is -0.00122. The first-order chi connectivity index (χ1) is 18.8. The Kier molecular flexibility index (Phi) is 8.20. The Balaban J connectivity index is 1.06. The topological polar surface area (TPSA) is 88.9 Å². The zero-order chi connectivity index (χ0) is 27.2. The highest BCUT2D eigenvalue weighted by atomic mass is 16.5. The van der Waals surface area contributed by atoms with E-state index in [-0.39, 0.29) is 5.41 Å². The molecule has 2 fully saturated rings. The highest BCUT2D eigenvalue weighted by Crippen LogP contribution is 2.28. The first-order valence-electron chi connectivity index (χ1n) is 13.6. The van der Waals surface area contributed by atoms with E-state index in [1.165, 1.54) is 12.8 Å². The summed E-state index contributed by atoms with van der Waals surface area (Å²) in [5.41, 5.74) is 2.23. The number of fused-ring (bicyclic) bond motifs is 1. The van der Waals surface area contributed by atoms with E-state index in [4.69, 9.17) is 14.0 Å². The number of hydrogen-bond donors (Lipinski definition) is 2. The predicted octanol–water partition coefficient (Wildman–Crippen LogP) is 5.51. The summed E-state index contributed by atoms with van der Waals surface area (Å²) in [7, 11) is 0. The summed E-state index contributed by atoms with van der Waals surface area (Å²) in [6.45, 7) is 10.7. The van der Waals surface area contributed by atoms with Gasteiger partial charge in [-0.15, -0.1) is 0 Å². The van der Waals surface area contributed by atoms with Gasteiger partial charge in [0.25, 0.3) is 0 Å². The van der Waals surface area contributed by atoms with Crippen LogP contribution in [-0.2, 0) is 10.2 Å². The lowest BCUT2D eigenvalue weighted by Crippen LogP contribution is -2.29. The fraction of sp³-hybridized carbons (Fsp3) is 0.419. The second-order valence-electron chi connectivity index (χ2n) is 11.2. The van der Waals surface area contributed by atoms with E-state index in [0.717, 1.165) is 43.1 Å². The number of urea groups is 1. The Hall–Kier alpha value is -3.80. The molecule has 39 heavy (non-hydrogen) atoms. The summed E-state index contributed by atoms with van der Waals surface area (Å²) in [6.07, 6.45) is 2.88. The van der Waals surface area contributed by atoms with E-state index in [1.807, 2.05) is 69.3 Å². The minimum absolute atomic E-state index is 0.182. The van der Waals surface area contributed by atoms with Gasteiger partial charge in [-0.1, -0.05) is 37.8 Å². The van der Waals surface area contributed by atoms with Gasteiger partial charge >= 0.3 is 6.03 Å². The van der Waals surface area contributed by atoms with Crippen LogP contribution in [0, 0.1) is 17.8 Å². The fourth-order valence-electron chi connectivity index (χ4n) is 4.83. The molecule has 2 saturated heterocycles. The third kappa shape index (κ3) is 7.41. The van der Waals surface area contributed by atoms with Crippen molar-refractivity contribution in [1.82, 2.24) is 10.1 Å². The number of nitrogens with zero attached hydrogens (tertiary/aromatic N) is 2. The highest BCUT2D eigenvalue weighted by molar-refractivity contribution is 5.99. The molecule has 8 nitrogen and oxygen atoms in total. The average molecular weight is 529 g/mol. The van der Waals surface area contributed by atoms with Gasteiger partial charge in [0, 0.05) is 54.5 Å². The van der Waals surface area contributed by atoms with Gasteiger partial charge in [-0.2, -0.15) is 0 Å². The minimum Gasteiger partial charge on any atom is -0.492 e. The van der Waals surface area contributed by atoms with E-state index in [9.17, 15) is 4.79 Å². The average Bonchev–Trinajstić information content (AvgIpc) is 3.56. The van der Waals surface area contributed by atoms with Gasteiger partial charge in [0.15, 0.2) is 5.82 Å². The third-order valence-corrected chi connectivity index (χ3v) is 7.02. The van der Waals surface area contributed by atoms with Crippen LogP contribution >= 0.6 is 0 Å². The first kappa shape index (κ1) is 26.8. The standard InChI is InChI=1S/C31H36N4O4/c1-31(2,3)28-19-29(34-39-28)33-30(36)32-25-12-8-22(9-13-25)6-7-23-10-14-26(15-11-23)37-18-16-35-20-24-5-4-17-38-27(24)21-35/h8-15,19,24,27H,4-5,16-18,20-21H2,1-3H3,(H2,32,33,34,36). The molecular weight excluding hydrogens is 492 g/mol. The number of amides is 2. The normalized spacial score (nSPS) is 19.1. The van der Waals surface area contributed by atoms with Crippen LogP contribution in [0.5, 0.6) is 5.75 Å². The molecule has 2 aliphatic heterocycles. The molecule has 2 atom stereocenters. The summed E-state index contributed by atoms with van der Waals surface area (Å²) in [4.78, 5) is 14.8. The zero-order valence-corrected chi connectivity index (χ0v) is 22.8. The Bertz CT molecular complexity index is 1300. The molecule has 8 heteroatoms. The zero-order valence-electron chi connectivity index (χ0n) is 22.8. The molecule has 3 heterocycles. The van der Waals surface area contributed by atoms with E-state index in [1.54, 1.807) is 6.07 Å². The van der Waals surface area contributed by atoms with Crippen molar-refractivity contribution < 1.29 is 18.8 Å². The Morgan fingerprint density at radius 3 is 2.44 bits per heavy atom. The number of ether oxygens (including phenoxy) is 2. The number of benzene rings is 2. The van der Waals surface area contributed by atoms with Crippen molar-refractivity contribution in [2.24, 2.45) is 5.92 Å². The molecule has 2 amide bonds. The van der Waals surface area contributed by atoms with Crippen molar-refractivity contribution in [3.05, 3.63) is 71.5 Å². The smallest absolute Gasteiger partial charge is 0.324 e. The van der Waals surface area contributed by atoms with Crippen LogP contribution < -0.4 is 15.4 Å². The van der Waals surface area contributed by atoms with Gasteiger partial charge in [-0.25, -0.2) is 4.79 Å². The monoisotopic (exact) mass is 528 g/mol. The molecule has 204 valence electrons. The Morgan fingerprint density at radius 2 is 1.77 bits per heavy atom. The first-order valence-corrected chi connectivity index (χ1v) is 13.6. The molecule has 0 saturated carbocycles. The summed E-state index contributed by atoms with van der Waals surface area (Å²) >= 11 is 0. The van der Waals surface area contributed by atoms with Crippen LogP contribution in [-0.4, -0.2) is 55.0 Å². The molecule has 2 aromatic carbocycles. The lowest BCUT2D eigenvalue weighted by atomic mass is 9.93. The lowest BCUT2D eigenvalue weighted by Gasteiger charge is -2.24. The number of carbonyl (C=O) groups is 1. The van der Waals surface area contributed by atoms with Crippen LogP contribution in [0.15, 0.2) is 59.1 Å². The van der Waals surface area contributed by atoms with E-state index in [2.05, 4.69) is 32.5 Å². The van der Waals surface area contributed by atoms with Crippen LogP contribution in [0.1, 0.15) is 50.5 Å². The predicted molar refractivity (Wildman–Crippen MR) is 151 cm³/mol. The number of hydrogen-bond acceptors (Lipinski definition) is 6. The van der Waals surface area contributed by atoms with Crippen molar-refractivity contribution in [3.63, 3.8) is 0 Å². The van der Waals surface area contributed by atoms with Gasteiger partial charge in [0.1, 0.15) is 18.1 Å². The van der Waals surface area contributed by atoms with Crippen LogP contribution in [0.4, 0.5) is 16.3 Å². The molecule has 0 bridgehead atoms. The highest BCUT2D eigenvalue weighted by Gasteiger charge is 2.35. The second kappa shape index (κ2) is 11.9. The third-order valence-electron chi connectivity index (χ3n) is 7.02. The van der Waals surface area contributed by atoms with Crippen LogP contribution in [0.3, 0.4) is 0 Å². The Morgan fingerprint density at radius 1 is 1.05 bits per heavy atom. The molecule has 1 aromatic heterocycles. The van der Waals surface area contributed by atoms with E-state index < -0.39 is 6.03 Å². The van der Waals surface area contributed by atoms with Crippen molar-refractivity contribution in [2.45, 2.75) is 45.1 Å². The van der Waals surface area contributed by atoms with Crippen molar-refractivity contribution in [3.8, 4) is 17.6 Å². The molecule has 2 N–H and O–H groups in total. The summed E-state index contributed by atoms with van der Waals surface area (Å²) in [5, 5.41) is 9.38. The number of anilines is 2. The molecule has 2 unspecified atom stereocenters. The van der Waals surface area contributed by atoms with E-state index in [0.29, 0.717) is 35.9 Å². The number of likely N-dealkylation sites (tertiary alicyclic amines) is 1. The van der Waals surface area contributed by atoms with Gasteiger partial charge in [0.2, 0.25) is 0 Å². The van der Waals surface area contributed by atoms with Gasteiger partial charge in [-0.3, -0.25) is 10.2 Å². The number of carbonyl (C=O) groups excluding carboxylic acids is 1. The molecule has 0 spiro atoms. The van der Waals surface area contributed by atoms with Crippen LogP contribution in [0.25, 0.3) is 0 Å². The summed E-state index contributed by atoms with van der Waals surface area (Å²) in [5.74, 6) is 8.95. The largest absolute Gasteiger partial charge is 0.492 e. The number of rotatable bonds is 6. The maximum absolute atomic E-state index is 12.3. The summed E-state index contributed by atoms with van der Waals surface area (Å²) in [6, 6.07) is 16.6. The van der Waals surface area contributed by atoms with Gasteiger partial charge < -0.3 is 19.3 Å². The molecular formula is C31H36N4O4. The number of aromatic nitrogens is 1. The molecule has 3 aromatic rings. The maximum Gasteiger partial charge on any atom is 0.324 e. The van der Waals surface area contributed by atoms with Crippen molar-refractivity contribution in [1.29, 1.82) is 0 Å². The van der Waals surface area contributed by atoms with Crippen molar-refractivity contribution in [2.75, 3.05) is 43.5 Å². The van der Waals surface area contributed by atoms with E-state index >= 15 is 0 Å². The van der Waals surface area contributed by atoms with Gasteiger partial charge in [-0.05, 0) is 67.3 Å². The fourth-order valence-corrected chi connectivity index (χ4v) is 4.83. The Labute approximate surface area is 230 Å². The molecule has 2 aliphatic rings. The number of nitrogens with one attached hydrogen (secondary N) is 2. The van der Waals surface area contributed by atoms with Crippen LogP contribution in [0.2, 0.25) is 0 Å². The van der Waals surface area contributed by atoms with Crippen molar-refractivity contribution >= 4 is 17.5 Å². The SMILES string of the molecule is CC(C)(C)c1cc(NC(=O)Nc2ccc(C#Cc3ccc(OCCN4CC5CCCOC5C4)cc3)cc2)no1. The molecule has 0 radical (unpaired) electrons. The molecule has 0 aliphatic carbocycles. The quantitative estimate of drug-likeness (QED) is 0.411. The minimum atomic E-state index is -0.391. The second-order valence-corrected chi connectivity index (χ2v) is 11.2. The molecule has 5 rings (SSSR count). The summed E-state index contributed by atoms with van der Waals surface area (Å²) < 4.78 is 17.2.